The second-order valence-electron chi connectivity index (χ2n) is 8.90. The molecule has 1 atom stereocenters. The van der Waals surface area contributed by atoms with E-state index in [9.17, 15) is 14.4 Å². The molecule has 6 nitrogen and oxygen atoms in total. The van der Waals surface area contributed by atoms with Crippen molar-refractivity contribution in [3.63, 3.8) is 0 Å². The fourth-order valence-corrected chi connectivity index (χ4v) is 5.26. The third-order valence-corrected chi connectivity index (χ3v) is 7.77. The Kier molecular flexibility index (Phi) is 10.6. The lowest BCUT2D eigenvalue weighted by molar-refractivity contribution is -0.116. The molecule has 0 aromatic heterocycles. The van der Waals surface area contributed by atoms with Crippen LogP contribution in [0.25, 0.3) is 6.08 Å². The number of carbonyl (C=O) groups is 3. The topological polar surface area (TPSA) is 87.3 Å². The molecular weight excluding hydrogens is 577 g/mol. The maximum Gasteiger partial charge on any atom is 0.272 e. The van der Waals surface area contributed by atoms with E-state index in [1.54, 1.807) is 66.7 Å². The minimum Gasteiger partial charge on any atom is -0.324 e. The van der Waals surface area contributed by atoms with Crippen LogP contribution in [-0.4, -0.2) is 23.0 Å². The molecule has 0 aliphatic heterocycles. The molecule has 4 aromatic rings. The van der Waals surface area contributed by atoms with Gasteiger partial charge < -0.3 is 16.0 Å². The zero-order valence-corrected chi connectivity index (χ0v) is 24.4. The predicted octanol–water partition coefficient (Wildman–Crippen LogP) is 7.91. The maximum atomic E-state index is 13.4. The quantitative estimate of drug-likeness (QED) is 0.127. The van der Waals surface area contributed by atoms with Gasteiger partial charge in [0, 0.05) is 21.2 Å². The monoisotopic (exact) mass is 603 g/mol. The first-order valence-corrected chi connectivity index (χ1v) is 14.4. The molecule has 9 heteroatoms. The molecule has 0 radical (unpaired) electrons. The van der Waals surface area contributed by atoms with Crippen LogP contribution < -0.4 is 16.0 Å². The average Bonchev–Trinajstić information content (AvgIpc) is 2.98. The van der Waals surface area contributed by atoms with Gasteiger partial charge in [0.2, 0.25) is 5.91 Å². The zero-order valence-electron chi connectivity index (χ0n) is 22.1. The van der Waals surface area contributed by atoms with E-state index < -0.39 is 17.1 Å². The Morgan fingerprint density at radius 2 is 1.54 bits per heavy atom. The van der Waals surface area contributed by atoms with Crippen molar-refractivity contribution in [2.45, 2.75) is 23.5 Å². The minimum atomic E-state index is -0.484. The molecule has 41 heavy (non-hydrogen) atoms. The van der Waals surface area contributed by atoms with Gasteiger partial charge in [0.05, 0.1) is 16.0 Å². The van der Waals surface area contributed by atoms with Crippen molar-refractivity contribution in [3.05, 3.63) is 130 Å². The van der Waals surface area contributed by atoms with E-state index in [4.69, 9.17) is 23.2 Å². The first kappa shape index (κ1) is 29.9. The Labute approximate surface area is 253 Å². The molecular formula is C32H27Cl2N3O3S. The van der Waals surface area contributed by atoms with Gasteiger partial charge in [-0.3, -0.25) is 14.4 Å². The summed E-state index contributed by atoms with van der Waals surface area (Å²) in [7, 11) is 0. The van der Waals surface area contributed by atoms with Crippen LogP contribution in [0.4, 0.5) is 11.4 Å². The molecule has 3 N–H and O–H groups in total. The van der Waals surface area contributed by atoms with Crippen LogP contribution in [-0.2, 0) is 9.59 Å². The molecule has 0 spiro atoms. The average molecular weight is 605 g/mol. The molecule has 3 amide bonds. The number of halogens is 2. The number of rotatable bonds is 10. The molecule has 4 aromatic carbocycles. The van der Waals surface area contributed by atoms with Gasteiger partial charge in [-0.15, -0.1) is 11.8 Å². The number of benzene rings is 4. The highest BCUT2D eigenvalue weighted by molar-refractivity contribution is 8.00. The highest BCUT2D eigenvalue weighted by Crippen LogP contribution is 2.30. The van der Waals surface area contributed by atoms with Gasteiger partial charge in [-0.1, -0.05) is 84.7 Å². The van der Waals surface area contributed by atoms with Crippen molar-refractivity contribution in [2.75, 3.05) is 10.6 Å². The van der Waals surface area contributed by atoms with Crippen molar-refractivity contribution in [1.29, 1.82) is 0 Å². The van der Waals surface area contributed by atoms with Crippen molar-refractivity contribution < 1.29 is 14.4 Å². The summed E-state index contributed by atoms with van der Waals surface area (Å²) in [4.78, 5) is 40.0. The van der Waals surface area contributed by atoms with Gasteiger partial charge >= 0.3 is 0 Å². The highest BCUT2D eigenvalue weighted by atomic mass is 35.5. The lowest BCUT2D eigenvalue weighted by Crippen LogP contribution is -2.30. The van der Waals surface area contributed by atoms with Gasteiger partial charge in [0.1, 0.15) is 5.70 Å². The molecule has 1 unspecified atom stereocenters. The lowest BCUT2D eigenvalue weighted by atomic mass is 10.1. The first-order valence-electron chi connectivity index (χ1n) is 12.8. The standard InChI is InChI=1S/C32H27Cl2N3O3S/c1-2-29(32(40)36-27-17-16-23(33)19-26(27)34)41-25-15-9-14-24(20-25)35-31(39)28(18-21-10-5-3-6-11-21)37-30(38)22-12-7-4-8-13-22/h3-20,29H,2H2,1H3,(H,35,39)(H,36,40)(H,37,38)/b28-18-. The van der Waals surface area contributed by atoms with Crippen LogP contribution in [0.5, 0.6) is 0 Å². The Hall–Kier alpha value is -4.04. The van der Waals surface area contributed by atoms with E-state index in [0.29, 0.717) is 33.4 Å². The molecule has 0 bridgehead atoms. The first-order chi connectivity index (χ1) is 19.8. The van der Waals surface area contributed by atoms with Gasteiger partial charge in [0.25, 0.3) is 11.8 Å². The smallest absolute Gasteiger partial charge is 0.272 e. The van der Waals surface area contributed by atoms with E-state index >= 15 is 0 Å². The predicted molar refractivity (Wildman–Crippen MR) is 168 cm³/mol. The van der Waals surface area contributed by atoms with Crippen molar-refractivity contribution >= 4 is 70.1 Å². The van der Waals surface area contributed by atoms with E-state index in [2.05, 4.69) is 16.0 Å². The molecule has 208 valence electrons. The number of hydrogen-bond acceptors (Lipinski definition) is 4. The second-order valence-corrected chi connectivity index (χ2v) is 11.0. The fourth-order valence-electron chi connectivity index (χ4n) is 3.79. The van der Waals surface area contributed by atoms with Crippen molar-refractivity contribution in [3.8, 4) is 0 Å². The van der Waals surface area contributed by atoms with E-state index in [1.807, 2.05) is 49.4 Å². The lowest BCUT2D eigenvalue weighted by Gasteiger charge is -2.16. The van der Waals surface area contributed by atoms with E-state index in [1.165, 1.54) is 11.8 Å². The zero-order chi connectivity index (χ0) is 29.2. The minimum absolute atomic E-state index is 0.0914. The van der Waals surface area contributed by atoms with Crippen LogP contribution in [0.15, 0.2) is 114 Å². The summed E-state index contributed by atoms with van der Waals surface area (Å²) in [6.45, 7) is 1.92. The van der Waals surface area contributed by atoms with Crippen molar-refractivity contribution in [1.82, 2.24) is 5.32 Å². The molecule has 0 saturated carbocycles. The van der Waals surface area contributed by atoms with Gasteiger partial charge in [0.15, 0.2) is 0 Å². The van der Waals surface area contributed by atoms with Crippen LogP contribution in [0.1, 0.15) is 29.3 Å². The van der Waals surface area contributed by atoms with Crippen LogP contribution >= 0.6 is 35.0 Å². The third-order valence-electron chi connectivity index (χ3n) is 5.86. The van der Waals surface area contributed by atoms with Crippen molar-refractivity contribution in [2.24, 2.45) is 0 Å². The summed E-state index contributed by atoms with van der Waals surface area (Å²) in [6.07, 6.45) is 2.18. The Morgan fingerprint density at radius 3 is 2.22 bits per heavy atom. The van der Waals surface area contributed by atoms with E-state index in [0.717, 1.165) is 10.5 Å². The number of nitrogens with one attached hydrogen (secondary N) is 3. The second kappa shape index (κ2) is 14.6. The largest absolute Gasteiger partial charge is 0.324 e. The van der Waals surface area contributed by atoms with Crippen LogP contribution in [0.2, 0.25) is 10.0 Å². The number of hydrogen-bond donors (Lipinski definition) is 3. The van der Waals surface area contributed by atoms with Gasteiger partial charge in [-0.2, -0.15) is 0 Å². The SMILES string of the molecule is CCC(Sc1cccc(NC(=O)/C(=C/c2ccccc2)NC(=O)c2ccccc2)c1)C(=O)Nc1ccc(Cl)cc1Cl. The highest BCUT2D eigenvalue weighted by Gasteiger charge is 2.20. The van der Waals surface area contributed by atoms with Gasteiger partial charge in [-0.05, 0) is 66.6 Å². The number of carbonyl (C=O) groups excluding carboxylic acids is 3. The maximum absolute atomic E-state index is 13.4. The molecule has 0 fully saturated rings. The molecule has 0 aliphatic carbocycles. The molecule has 0 saturated heterocycles. The summed E-state index contributed by atoms with van der Waals surface area (Å²) in [5.74, 6) is -1.08. The summed E-state index contributed by atoms with van der Waals surface area (Å²) in [6, 6.07) is 30.0. The summed E-state index contributed by atoms with van der Waals surface area (Å²) >= 11 is 13.5. The Morgan fingerprint density at radius 1 is 0.829 bits per heavy atom. The summed E-state index contributed by atoms with van der Waals surface area (Å²) < 4.78 is 0. The summed E-state index contributed by atoms with van der Waals surface area (Å²) in [5, 5.41) is 8.89. The Bertz CT molecular complexity index is 1560. The summed E-state index contributed by atoms with van der Waals surface area (Å²) in [5.41, 5.74) is 2.28. The van der Waals surface area contributed by atoms with Gasteiger partial charge in [-0.25, -0.2) is 0 Å². The number of thioether (sulfide) groups is 1. The van der Waals surface area contributed by atoms with E-state index in [-0.39, 0.29) is 11.6 Å². The number of anilines is 2. The molecule has 0 aliphatic rings. The van der Waals surface area contributed by atoms with Crippen LogP contribution in [0.3, 0.4) is 0 Å². The Balaban J connectivity index is 1.48. The van der Waals surface area contributed by atoms with Crippen LogP contribution in [0, 0.1) is 0 Å². The molecule has 4 rings (SSSR count). The normalized spacial score (nSPS) is 11.8. The third kappa shape index (κ3) is 8.72. The fraction of sp³-hybridized carbons (Fsp3) is 0.0938. The number of amides is 3. The molecule has 0 heterocycles.